The third kappa shape index (κ3) is 4.39. The van der Waals surface area contributed by atoms with Crippen LogP contribution in [0.5, 0.6) is 0 Å². The number of benzene rings is 1. The van der Waals surface area contributed by atoms with Crippen molar-refractivity contribution < 1.29 is 4.79 Å². The Kier molecular flexibility index (Phi) is 6.21. The predicted octanol–water partition coefficient (Wildman–Crippen LogP) is 4.07. The zero-order valence-corrected chi connectivity index (χ0v) is 21.3. The molecule has 0 saturated carbocycles. The van der Waals surface area contributed by atoms with Crippen LogP contribution in [0.3, 0.4) is 0 Å². The second-order valence-electron chi connectivity index (χ2n) is 10.6. The summed E-state index contributed by atoms with van der Waals surface area (Å²) in [5.41, 5.74) is 3.53. The lowest BCUT2D eigenvalue weighted by Crippen LogP contribution is -2.40. The summed E-state index contributed by atoms with van der Waals surface area (Å²) < 4.78 is 0. The van der Waals surface area contributed by atoms with Crippen molar-refractivity contribution in [3.63, 3.8) is 0 Å². The highest BCUT2D eigenvalue weighted by molar-refractivity contribution is 5.98. The molecule has 2 fully saturated rings. The monoisotopic (exact) mass is 485 g/mol. The average Bonchev–Trinajstić information content (AvgIpc) is 3.64. The van der Waals surface area contributed by atoms with E-state index in [1.165, 1.54) is 25.9 Å². The molecule has 2 saturated heterocycles. The Morgan fingerprint density at radius 2 is 1.92 bits per heavy atom. The van der Waals surface area contributed by atoms with Gasteiger partial charge < -0.3 is 20.0 Å². The van der Waals surface area contributed by atoms with Crippen LogP contribution in [-0.4, -0.2) is 68.9 Å². The van der Waals surface area contributed by atoms with Crippen LogP contribution in [0.4, 0.5) is 11.8 Å². The number of para-hydroxylation sites is 1. The maximum absolute atomic E-state index is 13.3. The minimum absolute atomic E-state index is 0.00867. The average molecular weight is 486 g/mol. The van der Waals surface area contributed by atoms with Gasteiger partial charge in [0.2, 0.25) is 5.95 Å². The predicted molar refractivity (Wildman–Crippen MR) is 142 cm³/mol. The first-order valence-electron chi connectivity index (χ1n) is 13.4. The van der Waals surface area contributed by atoms with E-state index in [0.29, 0.717) is 30.8 Å². The van der Waals surface area contributed by atoms with Gasteiger partial charge >= 0.3 is 0 Å². The molecule has 3 aliphatic heterocycles. The van der Waals surface area contributed by atoms with E-state index in [4.69, 9.17) is 9.97 Å². The van der Waals surface area contributed by atoms with Crippen LogP contribution >= 0.6 is 0 Å². The van der Waals surface area contributed by atoms with E-state index < -0.39 is 0 Å². The van der Waals surface area contributed by atoms with Crippen LogP contribution in [0.2, 0.25) is 0 Å². The highest BCUT2D eigenvalue weighted by Crippen LogP contribution is 2.33. The van der Waals surface area contributed by atoms with E-state index in [9.17, 15) is 4.79 Å². The number of aromatic nitrogens is 3. The minimum atomic E-state index is 0.00867. The molecule has 1 N–H and O–H groups in total. The Morgan fingerprint density at radius 1 is 1.08 bits per heavy atom. The molecule has 2 aromatic heterocycles. The fourth-order valence-corrected chi connectivity index (χ4v) is 5.82. The number of fused-ring (bicyclic) bond motifs is 2. The summed E-state index contributed by atoms with van der Waals surface area (Å²) >= 11 is 0. The van der Waals surface area contributed by atoms with Gasteiger partial charge in [0.05, 0.1) is 12.1 Å². The van der Waals surface area contributed by atoms with Crippen LogP contribution in [0.15, 0.2) is 36.5 Å². The molecule has 6 rings (SSSR count). The van der Waals surface area contributed by atoms with E-state index in [0.717, 1.165) is 53.8 Å². The van der Waals surface area contributed by atoms with Crippen molar-refractivity contribution in [3.8, 4) is 0 Å². The second kappa shape index (κ2) is 9.65. The molecule has 0 bridgehead atoms. The first kappa shape index (κ1) is 23.2. The summed E-state index contributed by atoms with van der Waals surface area (Å²) in [7, 11) is 0. The summed E-state index contributed by atoms with van der Waals surface area (Å²) in [6.07, 6.45) is 6.78. The molecular weight excluding hydrogens is 450 g/mol. The number of nitrogens with zero attached hydrogens (tertiary/aromatic N) is 6. The summed E-state index contributed by atoms with van der Waals surface area (Å²) in [5.74, 6) is 1.47. The quantitative estimate of drug-likeness (QED) is 0.541. The number of amides is 1. The van der Waals surface area contributed by atoms with Crippen molar-refractivity contribution in [2.75, 3.05) is 36.4 Å². The lowest BCUT2D eigenvalue weighted by molar-refractivity contribution is 0.0726. The van der Waals surface area contributed by atoms with Gasteiger partial charge in [0.1, 0.15) is 11.5 Å². The molecule has 1 atom stereocenters. The highest BCUT2D eigenvalue weighted by atomic mass is 16.2. The van der Waals surface area contributed by atoms with Gasteiger partial charge in [-0.05, 0) is 70.3 Å². The lowest BCUT2D eigenvalue weighted by atomic mass is 10.1. The summed E-state index contributed by atoms with van der Waals surface area (Å²) in [6.45, 7) is 9.60. The first-order valence-corrected chi connectivity index (χ1v) is 13.4. The second-order valence-corrected chi connectivity index (χ2v) is 10.6. The normalized spacial score (nSPS) is 20.2. The molecule has 188 valence electrons. The Bertz CT molecular complexity index is 1270. The van der Waals surface area contributed by atoms with Crippen molar-refractivity contribution in [2.24, 2.45) is 0 Å². The number of carbonyl (C=O) groups is 1. The zero-order valence-electron chi connectivity index (χ0n) is 21.3. The lowest BCUT2D eigenvalue weighted by Gasteiger charge is -2.29. The van der Waals surface area contributed by atoms with Gasteiger partial charge in [-0.2, -0.15) is 4.98 Å². The molecule has 3 aliphatic rings. The number of nitrogens with one attached hydrogen (secondary N) is 1. The van der Waals surface area contributed by atoms with Gasteiger partial charge in [0.15, 0.2) is 0 Å². The molecule has 0 aliphatic carbocycles. The van der Waals surface area contributed by atoms with Crippen LogP contribution in [0.25, 0.3) is 10.9 Å². The number of pyridine rings is 1. The maximum atomic E-state index is 13.3. The molecule has 0 unspecified atom stereocenters. The number of carbonyl (C=O) groups excluding carboxylic acids is 1. The van der Waals surface area contributed by atoms with E-state index >= 15 is 0 Å². The van der Waals surface area contributed by atoms with Crippen LogP contribution in [0.1, 0.15) is 61.1 Å². The van der Waals surface area contributed by atoms with Crippen molar-refractivity contribution in [3.05, 3.63) is 53.3 Å². The standard InChI is InChI=1S/C28H35N7O/c1-19(2)35-18-23-25(27(35)36)31-28(34-13-7-9-22(34)17-33-11-5-6-12-33)32-26(23)30-16-20-14-21-8-3-4-10-24(21)29-15-20/h3-4,8,10,14-15,19,22H,5-7,9,11-13,16-18H2,1-2H3,(H,30,31,32)/t22-/m0/s1. The summed E-state index contributed by atoms with van der Waals surface area (Å²) in [6, 6.07) is 10.8. The Labute approximate surface area is 212 Å². The Balaban J connectivity index is 1.30. The maximum Gasteiger partial charge on any atom is 0.273 e. The highest BCUT2D eigenvalue weighted by Gasteiger charge is 2.36. The van der Waals surface area contributed by atoms with Gasteiger partial charge in [-0.3, -0.25) is 9.78 Å². The largest absolute Gasteiger partial charge is 0.365 e. The minimum Gasteiger partial charge on any atom is -0.365 e. The summed E-state index contributed by atoms with van der Waals surface area (Å²) in [5, 5.41) is 4.67. The van der Waals surface area contributed by atoms with Gasteiger partial charge in [0.25, 0.3) is 5.91 Å². The molecule has 0 radical (unpaired) electrons. The Hall–Kier alpha value is -3.26. The molecule has 1 aromatic carbocycles. The van der Waals surface area contributed by atoms with E-state index in [2.05, 4.69) is 46.1 Å². The number of rotatable bonds is 7. The molecule has 8 nitrogen and oxygen atoms in total. The van der Waals surface area contributed by atoms with Gasteiger partial charge in [0, 0.05) is 48.9 Å². The van der Waals surface area contributed by atoms with Crippen molar-refractivity contribution in [1.29, 1.82) is 0 Å². The fraction of sp³-hybridized carbons (Fsp3) is 0.500. The van der Waals surface area contributed by atoms with Crippen LogP contribution in [-0.2, 0) is 13.1 Å². The van der Waals surface area contributed by atoms with Crippen molar-refractivity contribution in [1.82, 2.24) is 24.8 Å². The molecular formula is C28H35N7O. The zero-order chi connectivity index (χ0) is 24.6. The van der Waals surface area contributed by atoms with E-state index in [1.54, 1.807) is 0 Å². The molecule has 5 heterocycles. The smallest absolute Gasteiger partial charge is 0.273 e. The number of anilines is 2. The number of hydrogen-bond donors (Lipinski definition) is 1. The number of likely N-dealkylation sites (tertiary alicyclic amines) is 1. The SMILES string of the molecule is CC(C)N1Cc2c(NCc3cnc4ccccc4c3)nc(N3CCC[C@H]3CN3CCCC3)nc2C1=O. The molecule has 8 heteroatoms. The van der Waals surface area contributed by atoms with Gasteiger partial charge in [-0.25, -0.2) is 4.98 Å². The topological polar surface area (TPSA) is 77.5 Å². The van der Waals surface area contributed by atoms with E-state index in [-0.39, 0.29) is 11.9 Å². The third-order valence-corrected chi connectivity index (χ3v) is 7.82. The fourth-order valence-electron chi connectivity index (χ4n) is 5.82. The molecule has 1 amide bonds. The van der Waals surface area contributed by atoms with Crippen LogP contribution < -0.4 is 10.2 Å². The molecule has 0 spiro atoms. The molecule has 36 heavy (non-hydrogen) atoms. The molecule has 3 aromatic rings. The van der Waals surface area contributed by atoms with Gasteiger partial charge in [-0.15, -0.1) is 0 Å². The van der Waals surface area contributed by atoms with Crippen molar-refractivity contribution >= 4 is 28.6 Å². The first-order chi connectivity index (χ1) is 17.6. The Morgan fingerprint density at radius 3 is 2.75 bits per heavy atom. The van der Waals surface area contributed by atoms with Gasteiger partial charge in [-0.1, -0.05) is 18.2 Å². The van der Waals surface area contributed by atoms with E-state index in [1.807, 2.05) is 29.3 Å². The van der Waals surface area contributed by atoms with Crippen molar-refractivity contribution in [2.45, 2.75) is 64.7 Å². The summed E-state index contributed by atoms with van der Waals surface area (Å²) in [4.78, 5) is 34.6. The third-order valence-electron chi connectivity index (χ3n) is 7.82. The number of hydrogen-bond acceptors (Lipinski definition) is 7. The van der Waals surface area contributed by atoms with Crippen LogP contribution in [0, 0.1) is 0 Å².